The number of ether oxygens (including phenoxy) is 1. The van der Waals surface area contributed by atoms with Crippen LogP contribution in [0.4, 0.5) is 5.82 Å². The first-order valence-electron chi connectivity index (χ1n) is 3.50. The summed E-state index contributed by atoms with van der Waals surface area (Å²) in [6, 6.07) is 0. The van der Waals surface area contributed by atoms with E-state index in [1.165, 1.54) is 10.9 Å². The van der Waals surface area contributed by atoms with Crippen molar-refractivity contribution in [1.82, 2.24) is 9.55 Å². The monoisotopic (exact) mass is 205 g/mol. The van der Waals surface area contributed by atoms with Gasteiger partial charge in [0.15, 0.2) is 0 Å². The molecule has 1 heterocycles. The summed E-state index contributed by atoms with van der Waals surface area (Å²) in [4.78, 5) is 13.2. The van der Waals surface area contributed by atoms with Crippen LogP contribution in [0.3, 0.4) is 0 Å². The lowest BCUT2D eigenvalue weighted by atomic mass is 10.6. The zero-order chi connectivity index (χ0) is 9.84. The van der Waals surface area contributed by atoms with Crippen LogP contribution in [0.15, 0.2) is 6.33 Å². The van der Waals surface area contributed by atoms with Crippen LogP contribution < -0.4 is 0 Å². The van der Waals surface area contributed by atoms with Crippen LogP contribution in [0.25, 0.3) is 0 Å². The average Bonchev–Trinajstić information content (AvgIpc) is 2.43. The Balaban J connectivity index is 2.80. The highest BCUT2D eigenvalue weighted by Gasteiger charge is 2.18. The first-order valence-corrected chi connectivity index (χ1v) is 3.88. The Labute approximate surface area is 79.2 Å². The summed E-state index contributed by atoms with van der Waals surface area (Å²) in [5.74, 6) is -0.322. The number of rotatable bonds is 4. The Morgan fingerprint density at radius 1 is 1.85 bits per heavy atom. The third-order valence-electron chi connectivity index (χ3n) is 1.47. The number of hydrogen-bond acceptors (Lipinski definition) is 4. The van der Waals surface area contributed by atoms with E-state index in [1.807, 2.05) is 0 Å². The summed E-state index contributed by atoms with van der Waals surface area (Å²) in [6.07, 6.45) is 1.32. The zero-order valence-corrected chi connectivity index (χ0v) is 7.69. The van der Waals surface area contributed by atoms with Crippen LogP contribution >= 0.6 is 11.6 Å². The van der Waals surface area contributed by atoms with Crippen LogP contribution in [0, 0.1) is 10.1 Å². The standard InChI is InChI=1S/C6H8ClN3O3/c1-13-3-2-9-4-8-6(5(9)7)10(11)12/h4H,2-3H2,1H3. The highest BCUT2D eigenvalue weighted by atomic mass is 35.5. The number of nitrogens with zero attached hydrogens (tertiary/aromatic N) is 3. The normalized spacial score (nSPS) is 10.3. The minimum atomic E-state index is -0.619. The van der Waals surface area contributed by atoms with Crippen molar-refractivity contribution in [3.8, 4) is 0 Å². The Morgan fingerprint density at radius 3 is 3.00 bits per heavy atom. The summed E-state index contributed by atoms with van der Waals surface area (Å²) in [5.41, 5.74) is 0. The number of imidazole rings is 1. The fraction of sp³-hybridized carbons (Fsp3) is 0.500. The van der Waals surface area contributed by atoms with Gasteiger partial charge in [0, 0.05) is 7.11 Å². The van der Waals surface area contributed by atoms with Crippen molar-refractivity contribution >= 4 is 17.4 Å². The molecule has 0 atom stereocenters. The minimum absolute atomic E-state index is 0.0297. The van der Waals surface area contributed by atoms with E-state index >= 15 is 0 Å². The second kappa shape index (κ2) is 4.20. The van der Waals surface area contributed by atoms with Gasteiger partial charge in [0.05, 0.1) is 13.2 Å². The Hall–Kier alpha value is -1.14. The van der Waals surface area contributed by atoms with E-state index in [-0.39, 0.29) is 11.0 Å². The van der Waals surface area contributed by atoms with Gasteiger partial charge in [0.25, 0.3) is 0 Å². The molecule has 1 rings (SSSR count). The van der Waals surface area contributed by atoms with Gasteiger partial charge in [-0.1, -0.05) is 11.6 Å². The van der Waals surface area contributed by atoms with Crippen LogP contribution in [0.5, 0.6) is 0 Å². The van der Waals surface area contributed by atoms with E-state index in [2.05, 4.69) is 4.98 Å². The van der Waals surface area contributed by atoms with E-state index in [0.29, 0.717) is 13.2 Å². The zero-order valence-electron chi connectivity index (χ0n) is 6.94. The van der Waals surface area contributed by atoms with Gasteiger partial charge in [0.2, 0.25) is 11.5 Å². The number of nitro groups is 1. The molecule has 0 saturated carbocycles. The molecule has 1 aromatic heterocycles. The van der Waals surface area contributed by atoms with Gasteiger partial charge in [-0.3, -0.25) is 4.57 Å². The molecule has 0 aliphatic heterocycles. The lowest BCUT2D eigenvalue weighted by Crippen LogP contribution is -2.02. The van der Waals surface area contributed by atoms with Crippen molar-refractivity contribution in [2.45, 2.75) is 6.54 Å². The smallest absolute Gasteiger partial charge is 0.383 e. The summed E-state index contributed by atoms with van der Waals surface area (Å²) >= 11 is 5.66. The highest BCUT2D eigenvalue weighted by molar-refractivity contribution is 6.31. The number of aromatic nitrogens is 2. The summed E-state index contributed by atoms with van der Waals surface area (Å²) in [7, 11) is 1.54. The van der Waals surface area contributed by atoms with Crippen molar-refractivity contribution in [2.24, 2.45) is 0 Å². The molecule has 0 aromatic carbocycles. The van der Waals surface area contributed by atoms with Crippen LogP contribution in [0.2, 0.25) is 5.15 Å². The quantitative estimate of drug-likeness (QED) is 0.545. The first kappa shape index (κ1) is 9.94. The molecule has 0 unspecified atom stereocenters. The number of methoxy groups -OCH3 is 1. The van der Waals surface area contributed by atoms with Gasteiger partial charge in [-0.15, -0.1) is 0 Å². The molecule has 0 radical (unpaired) electrons. The van der Waals surface area contributed by atoms with Crippen LogP contribution in [-0.2, 0) is 11.3 Å². The molecule has 0 aliphatic rings. The molecule has 72 valence electrons. The number of halogens is 1. The molecular weight excluding hydrogens is 198 g/mol. The number of hydrogen-bond donors (Lipinski definition) is 0. The third kappa shape index (κ3) is 2.16. The molecule has 0 saturated heterocycles. The van der Waals surface area contributed by atoms with Crippen molar-refractivity contribution < 1.29 is 9.66 Å². The molecular formula is C6H8ClN3O3. The second-order valence-electron chi connectivity index (χ2n) is 2.30. The molecule has 0 amide bonds. The Morgan fingerprint density at radius 2 is 2.54 bits per heavy atom. The second-order valence-corrected chi connectivity index (χ2v) is 2.66. The molecule has 7 heteroatoms. The lowest BCUT2D eigenvalue weighted by Gasteiger charge is -1.99. The van der Waals surface area contributed by atoms with Crippen molar-refractivity contribution in [3.63, 3.8) is 0 Å². The van der Waals surface area contributed by atoms with Gasteiger partial charge in [0.1, 0.15) is 0 Å². The maximum Gasteiger partial charge on any atom is 0.401 e. The SMILES string of the molecule is COCCn1cnc([N+](=O)[O-])c1Cl. The largest absolute Gasteiger partial charge is 0.401 e. The average molecular weight is 206 g/mol. The molecule has 0 fully saturated rings. The molecule has 6 nitrogen and oxygen atoms in total. The van der Waals surface area contributed by atoms with Gasteiger partial charge < -0.3 is 14.9 Å². The third-order valence-corrected chi connectivity index (χ3v) is 1.85. The maximum atomic E-state index is 10.3. The van der Waals surface area contributed by atoms with Gasteiger partial charge >= 0.3 is 5.82 Å². The first-order chi connectivity index (χ1) is 6.16. The van der Waals surface area contributed by atoms with E-state index < -0.39 is 4.92 Å². The molecule has 0 spiro atoms. The molecule has 0 N–H and O–H groups in total. The fourth-order valence-corrected chi connectivity index (χ4v) is 1.07. The van der Waals surface area contributed by atoms with Gasteiger partial charge in [-0.05, 0) is 9.91 Å². The molecule has 1 aromatic rings. The van der Waals surface area contributed by atoms with Crippen LogP contribution in [-0.4, -0.2) is 28.2 Å². The van der Waals surface area contributed by atoms with Gasteiger partial charge in [-0.25, -0.2) is 0 Å². The molecule has 13 heavy (non-hydrogen) atoms. The Kier molecular flexibility index (Phi) is 3.21. The predicted molar refractivity (Wildman–Crippen MR) is 45.8 cm³/mol. The topological polar surface area (TPSA) is 70.2 Å². The highest BCUT2D eigenvalue weighted by Crippen LogP contribution is 2.21. The molecule has 0 bridgehead atoms. The van der Waals surface area contributed by atoms with Crippen LogP contribution in [0.1, 0.15) is 0 Å². The fourth-order valence-electron chi connectivity index (χ4n) is 0.825. The maximum absolute atomic E-state index is 10.3. The van der Waals surface area contributed by atoms with Crippen molar-refractivity contribution in [3.05, 3.63) is 21.6 Å². The molecule has 0 aliphatic carbocycles. The lowest BCUT2D eigenvalue weighted by molar-refractivity contribution is -0.389. The predicted octanol–water partition coefficient (Wildman–Crippen LogP) is 1.09. The Bertz CT molecular complexity index is 312. The summed E-state index contributed by atoms with van der Waals surface area (Å²) < 4.78 is 6.25. The van der Waals surface area contributed by atoms with E-state index in [4.69, 9.17) is 16.3 Å². The van der Waals surface area contributed by atoms with E-state index in [9.17, 15) is 10.1 Å². The van der Waals surface area contributed by atoms with Gasteiger partial charge in [-0.2, -0.15) is 0 Å². The van der Waals surface area contributed by atoms with E-state index in [0.717, 1.165) is 0 Å². The van der Waals surface area contributed by atoms with Crippen molar-refractivity contribution in [2.75, 3.05) is 13.7 Å². The minimum Gasteiger partial charge on any atom is -0.383 e. The summed E-state index contributed by atoms with van der Waals surface area (Å²) in [6.45, 7) is 0.892. The van der Waals surface area contributed by atoms with Crippen molar-refractivity contribution in [1.29, 1.82) is 0 Å². The summed E-state index contributed by atoms with van der Waals surface area (Å²) in [5, 5.41) is 10.4. The van der Waals surface area contributed by atoms with E-state index in [1.54, 1.807) is 7.11 Å².